The lowest BCUT2D eigenvalue weighted by atomic mass is 10.2. The molecular formula is C7H3ClNO. The average molecular weight is 153 g/mol. The number of nitriles is 1. The molecule has 1 aromatic carbocycles. The summed E-state index contributed by atoms with van der Waals surface area (Å²) in [6, 6.07) is 5.79. The molecule has 10 heavy (non-hydrogen) atoms. The number of benzene rings is 1. The van der Waals surface area contributed by atoms with Crippen LogP contribution in [-0.2, 0) is 5.11 Å². The maximum atomic E-state index is 10.6. The minimum absolute atomic E-state index is 0.177. The highest BCUT2D eigenvalue weighted by molar-refractivity contribution is 6.31. The van der Waals surface area contributed by atoms with Crippen molar-refractivity contribution >= 4 is 11.6 Å². The van der Waals surface area contributed by atoms with Gasteiger partial charge in [0.2, 0.25) is 0 Å². The van der Waals surface area contributed by atoms with Crippen molar-refractivity contribution in [2.24, 2.45) is 0 Å². The molecule has 0 aliphatic heterocycles. The summed E-state index contributed by atoms with van der Waals surface area (Å²) in [5, 5.41) is 19.2. The van der Waals surface area contributed by atoms with Crippen LogP contribution in [0.1, 0.15) is 5.56 Å². The van der Waals surface area contributed by atoms with E-state index < -0.39 is 0 Å². The van der Waals surface area contributed by atoms with E-state index in [1.807, 2.05) is 6.07 Å². The van der Waals surface area contributed by atoms with Crippen molar-refractivity contribution in [3.05, 3.63) is 28.8 Å². The second-order valence-corrected chi connectivity index (χ2v) is 2.16. The van der Waals surface area contributed by atoms with E-state index >= 15 is 0 Å². The van der Waals surface area contributed by atoms with E-state index in [0.717, 1.165) is 0 Å². The molecule has 0 unspecified atom stereocenters. The van der Waals surface area contributed by atoms with Gasteiger partial charge in [-0.3, -0.25) is 5.11 Å². The Morgan fingerprint density at radius 3 is 2.70 bits per heavy atom. The summed E-state index contributed by atoms with van der Waals surface area (Å²) in [5.41, 5.74) is 0.335. The molecule has 0 aliphatic rings. The minimum atomic E-state index is -0.177. The first-order chi connectivity index (χ1) is 4.74. The van der Waals surface area contributed by atoms with Gasteiger partial charge in [0, 0.05) is 6.07 Å². The molecule has 0 saturated carbocycles. The van der Waals surface area contributed by atoms with Crippen LogP contribution in [0.5, 0.6) is 5.75 Å². The Bertz CT molecular complexity index is 290. The van der Waals surface area contributed by atoms with Crippen LogP contribution in [0.2, 0.25) is 5.02 Å². The quantitative estimate of drug-likeness (QED) is 0.563. The van der Waals surface area contributed by atoms with E-state index in [0.29, 0.717) is 5.56 Å². The van der Waals surface area contributed by atoms with Gasteiger partial charge in [-0.25, -0.2) is 0 Å². The first-order valence-corrected chi connectivity index (χ1v) is 2.98. The van der Waals surface area contributed by atoms with Gasteiger partial charge in [-0.05, 0) is 12.1 Å². The van der Waals surface area contributed by atoms with Crippen molar-refractivity contribution in [1.82, 2.24) is 0 Å². The minimum Gasteiger partial charge on any atom is -0.290 e. The third-order valence-electron chi connectivity index (χ3n) is 1.06. The summed E-state index contributed by atoms with van der Waals surface area (Å²) in [7, 11) is 0. The molecule has 0 bridgehead atoms. The molecule has 0 N–H and O–H groups in total. The predicted octanol–water partition coefficient (Wildman–Crippen LogP) is 2.36. The summed E-state index contributed by atoms with van der Waals surface area (Å²) in [6.45, 7) is 0. The number of hydrogen-bond donors (Lipinski definition) is 0. The van der Waals surface area contributed by atoms with Gasteiger partial charge in [0.05, 0.1) is 10.6 Å². The molecule has 2 nitrogen and oxygen atoms in total. The monoisotopic (exact) mass is 152 g/mol. The van der Waals surface area contributed by atoms with Crippen LogP contribution in [0.4, 0.5) is 0 Å². The van der Waals surface area contributed by atoms with E-state index in [4.69, 9.17) is 16.9 Å². The molecule has 3 heteroatoms. The van der Waals surface area contributed by atoms with Crippen LogP contribution in [0.3, 0.4) is 0 Å². The summed E-state index contributed by atoms with van der Waals surface area (Å²) < 4.78 is 0. The molecule has 0 spiro atoms. The Balaban J connectivity index is 3.23. The third-order valence-corrected chi connectivity index (χ3v) is 1.37. The molecular weight excluding hydrogens is 150 g/mol. The summed E-state index contributed by atoms with van der Waals surface area (Å²) in [4.78, 5) is 0. The highest BCUT2D eigenvalue weighted by atomic mass is 35.5. The highest BCUT2D eigenvalue weighted by Crippen LogP contribution is 2.20. The van der Waals surface area contributed by atoms with E-state index in [1.165, 1.54) is 18.2 Å². The van der Waals surface area contributed by atoms with Gasteiger partial charge < -0.3 is 0 Å². The summed E-state index contributed by atoms with van der Waals surface area (Å²) >= 11 is 5.51. The SMILES string of the molecule is N#Cc1ccc([O])cc1Cl. The van der Waals surface area contributed by atoms with E-state index in [2.05, 4.69) is 0 Å². The predicted molar refractivity (Wildman–Crippen MR) is 36.3 cm³/mol. The number of nitrogens with zero attached hydrogens (tertiary/aromatic N) is 1. The Hall–Kier alpha value is -1.20. The molecule has 1 rings (SSSR count). The van der Waals surface area contributed by atoms with Crippen molar-refractivity contribution in [2.45, 2.75) is 0 Å². The normalized spacial score (nSPS) is 8.80. The first-order valence-electron chi connectivity index (χ1n) is 2.60. The Morgan fingerprint density at radius 1 is 1.50 bits per heavy atom. The molecule has 1 radical (unpaired) electrons. The topological polar surface area (TPSA) is 43.7 Å². The van der Waals surface area contributed by atoms with E-state index in [-0.39, 0.29) is 10.8 Å². The molecule has 49 valence electrons. The smallest absolute Gasteiger partial charge is 0.180 e. The first kappa shape index (κ1) is 6.91. The zero-order chi connectivity index (χ0) is 7.56. The number of halogens is 1. The maximum Gasteiger partial charge on any atom is 0.180 e. The van der Waals surface area contributed by atoms with Crippen LogP contribution in [0.15, 0.2) is 18.2 Å². The van der Waals surface area contributed by atoms with Crippen LogP contribution < -0.4 is 0 Å². The fraction of sp³-hybridized carbons (Fsp3) is 0. The van der Waals surface area contributed by atoms with Gasteiger partial charge in [-0.2, -0.15) is 5.26 Å². The van der Waals surface area contributed by atoms with Crippen LogP contribution in [0.25, 0.3) is 0 Å². The lowest BCUT2D eigenvalue weighted by Gasteiger charge is -1.91. The molecule has 0 aromatic heterocycles. The van der Waals surface area contributed by atoms with Gasteiger partial charge in [0.25, 0.3) is 0 Å². The van der Waals surface area contributed by atoms with Crippen LogP contribution in [-0.4, -0.2) is 0 Å². The van der Waals surface area contributed by atoms with Crippen molar-refractivity contribution in [2.75, 3.05) is 0 Å². The van der Waals surface area contributed by atoms with Gasteiger partial charge in [0.15, 0.2) is 5.75 Å². The number of rotatable bonds is 0. The van der Waals surface area contributed by atoms with Crippen LogP contribution >= 0.6 is 11.6 Å². The van der Waals surface area contributed by atoms with Crippen molar-refractivity contribution < 1.29 is 5.11 Å². The average Bonchev–Trinajstić information content (AvgIpc) is 1.88. The maximum absolute atomic E-state index is 10.6. The molecule has 0 saturated heterocycles. The summed E-state index contributed by atoms with van der Waals surface area (Å²) in [5.74, 6) is -0.177. The molecule has 0 atom stereocenters. The fourth-order valence-electron chi connectivity index (χ4n) is 0.587. The number of hydrogen-bond acceptors (Lipinski definition) is 1. The van der Waals surface area contributed by atoms with Crippen molar-refractivity contribution in [3.8, 4) is 11.8 Å². The zero-order valence-electron chi connectivity index (χ0n) is 4.97. The zero-order valence-corrected chi connectivity index (χ0v) is 5.72. The largest absolute Gasteiger partial charge is 0.290 e. The van der Waals surface area contributed by atoms with Crippen LogP contribution in [0, 0.1) is 11.3 Å². The molecule has 1 aromatic rings. The van der Waals surface area contributed by atoms with Gasteiger partial charge >= 0.3 is 0 Å². The molecule has 0 heterocycles. The lowest BCUT2D eigenvalue weighted by molar-refractivity contribution is 0.355. The lowest BCUT2D eigenvalue weighted by Crippen LogP contribution is -1.73. The van der Waals surface area contributed by atoms with Gasteiger partial charge in [-0.1, -0.05) is 11.6 Å². The van der Waals surface area contributed by atoms with Gasteiger partial charge in [0.1, 0.15) is 6.07 Å². The molecule has 0 amide bonds. The Morgan fingerprint density at radius 2 is 2.20 bits per heavy atom. The molecule has 0 fully saturated rings. The van der Waals surface area contributed by atoms with E-state index in [1.54, 1.807) is 0 Å². The second-order valence-electron chi connectivity index (χ2n) is 1.75. The van der Waals surface area contributed by atoms with Crippen molar-refractivity contribution in [1.29, 1.82) is 5.26 Å². The van der Waals surface area contributed by atoms with Crippen molar-refractivity contribution in [3.63, 3.8) is 0 Å². The Kier molecular flexibility index (Phi) is 1.79. The van der Waals surface area contributed by atoms with Gasteiger partial charge in [-0.15, -0.1) is 0 Å². The second kappa shape index (κ2) is 2.59. The standard InChI is InChI=1S/C7H3ClNO/c8-7-3-6(10)2-1-5(7)4-9/h1-3H. The third kappa shape index (κ3) is 1.20. The summed E-state index contributed by atoms with van der Waals surface area (Å²) in [6.07, 6.45) is 0. The Labute approximate surface area is 63.3 Å². The highest BCUT2D eigenvalue weighted by Gasteiger charge is 1.99. The molecule has 0 aliphatic carbocycles. The van der Waals surface area contributed by atoms with E-state index in [9.17, 15) is 5.11 Å². The fourth-order valence-corrected chi connectivity index (χ4v) is 0.799.